The van der Waals surface area contributed by atoms with Crippen LogP contribution in [0.1, 0.15) is 23.6 Å². The summed E-state index contributed by atoms with van der Waals surface area (Å²) in [4.78, 5) is 2.30. The molecule has 0 fully saturated rings. The molecule has 2 heterocycles. The van der Waals surface area contributed by atoms with Crippen molar-refractivity contribution in [1.29, 1.82) is 0 Å². The van der Waals surface area contributed by atoms with Crippen LogP contribution in [0.2, 0.25) is 0 Å². The lowest BCUT2D eigenvalue weighted by Crippen LogP contribution is -2.47. The first-order valence-corrected chi connectivity index (χ1v) is 10.7. The maximum Gasteiger partial charge on any atom is 0.174 e. The number of hydrogen-bond donors (Lipinski definition) is 1. The van der Waals surface area contributed by atoms with Gasteiger partial charge in [0.15, 0.2) is 5.11 Å². The third-order valence-electron chi connectivity index (χ3n) is 4.66. The molecule has 0 aliphatic carbocycles. The summed E-state index contributed by atoms with van der Waals surface area (Å²) in [5.74, 6) is 2.23. The Morgan fingerprint density at radius 2 is 2.00 bits per heavy atom. The molecule has 2 nitrogen and oxygen atoms in total. The summed E-state index contributed by atoms with van der Waals surface area (Å²) in [5.41, 5.74) is 5.44. The molecule has 1 N–H and O–H groups in total. The Hall–Kier alpha value is -1.30. The lowest BCUT2D eigenvalue weighted by atomic mass is 9.94. The minimum atomic E-state index is 0.180. The molecule has 0 saturated carbocycles. The Morgan fingerprint density at radius 3 is 2.80 bits per heavy atom. The van der Waals surface area contributed by atoms with Crippen LogP contribution in [-0.2, 0) is 6.54 Å². The molecule has 0 spiro atoms. The topological polar surface area (TPSA) is 15.3 Å². The average molecular weight is 431 g/mol. The molecule has 0 aromatic heterocycles. The summed E-state index contributed by atoms with van der Waals surface area (Å²) >= 11 is 11.4. The Balaban J connectivity index is 1.71. The second-order valence-corrected chi connectivity index (χ2v) is 8.69. The van der Waals surface area contributed by atoms with E-state index >= 15 is 0 Å². The summed E-state index contributed by atoms with van der Waals surface area (Å²) in [5, 5.41) is 4.43. The van der Waals surface area contributed by atoms with E-state index in [-0.39, 0.29) is 6.04 Å². The van der Waals surface area contributed by atoms with Crippen LogP contribution in [0.4, 0.5) is 0 Å². The molecule has 2 aliphatic rings. The average Bonchev–Trinajstić information content (AvgIpc) is 2.64. The van der Waals surface area contributed by atoms with E-state index in [1.807, 2.05) is 11.8 Å². The standard InChI is InChI=1S/C20H19BrN2S2/c21-16-8-4-7-15(11-16)19-17-13-25-10-9-18(17)23(20(24)22-19)12-14-5-2-1-3-6-14/h1-8,11,19H,9-10,12-13H2,(H,22,24)/t19-/m0/s1. The molecule has 4 rings (SSSR count). The van der Waals surface area contributed by atoms with Gasteiger partial charge in [-0.3, -0.25) is 0 Å². The van der Waals surface area contributed by atoms with Crippen LogP contribution in [0.3, 0.4) is 0 Å². The first-order valence-electron chi connectivity index (χ1n) is 8.39. The van der Waals surface area contributed by atoms with Gasteiger partial charge in [-0.25, -0.2) is 0 Å². The molecule has 5 heteroatoms. The van der Waals surface area contributed by atoms with E-state index in [2.05, 4.69) is 80.7 Å². The molecule has 0 unspecified atom stereocenters. The molecule has 128 valence electrons. The van der Waals surface area contributed by atoms with Crippen LogP contribution in [-0.4, -0.2) is 21.5 Å². The summed E-state index contributed by atoms with van der Waals surface area (Å²) < 4.78 is 1.11. The fraction of sp³-hybridized carbons (Fsp3) is 0.250. The van der Waals surface area contributed by atoms with Gasteiger partial charge in [-0.05, 0) is 53.2 Å². The van der Waals surface area contributed by atoms with Gasteiger partial charge in [0.05, 0.1) is 6.04 Å². The minimum Gasteiger partial charge on any atom is -0.352 e. The second-order valence-electron chi connectivity index (χ2n) is 6.28. The maximum atomic E-state index is 5.77. The molecule has 0 bridgehead atoms. The zero-order chi connectivity index (χ0) is 17.2. The fourth-order valence-corrected chi connectivity index (χ4v) is 5.21. The third kappa shape index (κ3) is 3.64. The molecule has 1 atom stereocenters. The molecule has 0 radical (unpaired) electrons. The third-order valence-corrected chi connectivity index (χ3v) is 6.50. The SMILES string of the molecule is S=C1N[C@@H](c2cccc(Br)c2)C2=C(CCSC2)N1Cc1ccccc1. The molecule has 2 aromatic carbocycles. The smallest absolute Gasteiger partial charge is 0.174 e. The zero-order valence-corrected chi connectivity index (χ0v) is 17.0. The minimum absolute atomic E-state index is 0.180. The number of thioether (sulfide) groups is 1. The van der Waals surface area contributed by atoms with Crippen LogP contribution in [0.5, 0.6) is 0 Å². The molecule has 2 aromatic rings. The summed E-state index contributed by atoms with van der Waals surface area (Å²) in [6.07, 6.45) is 1.08. The van der Waals surface area contributed by atoms with E-state index in [1.54, 1.807) is 0 Å². The molecular formula is C20H19BrN2S2. The van der Waals surface area contributed by atoms with Gasteiger partial charge in [0, 0.05) is 22.5 Å². The van der Waals surface area contributed by atoms with Crippen LogP contribution >= 0.6 is 39.9 Å². The molecule has 2 aliphatic heterocycles. The number of thiocarbonyl (C=S) groups is 1. The maximum absolute atomic E-state index is 5.77. The first kappa shape index (κ1) is 17.1. The number of allylic oxidation sites excluding steroid dienone is 1. The highest BCUT2D eigenvalue weighted by atomic mass is 79.9. The Morgan fingerprint density at radius 1 is 1.16 bits per heavy atom. The van der Waals surface area contributed by atoms with Gasteiger partial charge >= 0.3 is 0 Å². The Bertz CT molecular complexity index is 819. The lowest BCUT2D eigenvalue weighted by molar-refractivity contribution is 0.435. The van der Waals surface area contributed by atoms with E-state index < -0.39 is 0 Å². The van der Waals surface area contributed by atoms with Crippen molar-refractivity contribution in [2.24, 2.45) is 0 Å². The number of halogens is 1. The molecule has 25 heavy (non-hydrogen) atoms. The Kier molecular flexibility index (Phi) is 5.15. The van der Waals surface area contributed by atoms with Crippen molar-refractivity contribution in [3.63, 3.8) is 0 Å². The first-order chi connectivity index (χ1) is 12.2. The van der Waals surface area contributed by atoms with Crippen molar-refractivity contribution in [1.82, 2.24) is 10.2 Å². The lowest BCUT2D eigenvalue weighted by Gasteiger charge is -2.41. The quantitative estimate of drug-likeness (QED) is 0.666. The summed E-state index contributed by atoms with van der Waals surface area (Å²) in [7, 11) is 0. The highest BCUT2D eigenvalue weighted by molar-refractivity contribution is 9.10. The van der Waals surface area contributed by atoms with Crippen LogP contribution in [0.15, 0.2) is 70.3 Å². The number of benzene rings is 2. The second kappa shape index (κ2) is 7.52. The summed E-state index contributed by atoms with van der Waals surface area (Å²) in [6, 6.07) is 19.3. The van der Waals surface area contributed by atoms with Gasteiger partial charge in [-0.15, -0.1) is 0 Å². The van der Waals surface area contributed by atoms with E-state index in [0.29, 0.717) is 0 Å². The van der Waals surface area contributed by atoms with Crippen molar-refractivity contribution >= 4 is 45.0 Å². The Labute approximate surface area is 166 Å². The molecule has 0 amide bonds. The largest absolute Gasteiger partial charge is 0.352 e. The normalized spacial score (nSPS) is 20.3. The highest BCUT2D eigenvalue weighted by Gasteiger charge is 2.33. The van der Waals surface area contributed by atoms with Crippen LogP contribution < -0.4 is 5.32 Å². The highest BCUT2D eigenvalue weighted by Crippen LogP contribution is 2.38. The predicted molar refractivity (Wildman–Crippen MR) is 114 cm³/mol. The molecular weight excluding hydrogens is 412 g/mol. The monoisotopic (exact) mass is 430 g/mol. The van der Waals surface area contributed by atoms with Gasteiger partial charge < -0.3 is 10.2 Å². The van der Waals surface area contributed by atoms with Crippen molar-refractivity contribution < 1.29 is 0 Å². The number of nitrogens with zero attached hydrogens (tertiary/aromatic N) is 1. The fourth-order valence-electron chi connectivity index (χ4n) is 3.47. The van der Waals surface area contributed by atoms with Crippen molar-refractivity contribution in [3.05, 3.63) is 81.5 Å². The van der Waals surface area contributed by atoms with Crippen molar-refractivity contribution in [3.8, 4) is 0 Å². The van der Waals surface area contributed by atoms with Gasteiger partial charge in [0.25, 0.3) is 0 Å². The predicted octanol–water partition coefficient (Wildman–Crippen LogP) is 5.27. The van der Waals surface area contributed by atoms with Crippen LogP contribution in [0, 0.1) is 0 Å². The van der Waals surface area contributed by atoms with E-state index in [9.17, 15) is 0 Å². The van der Waals surface area contributed by atoms with Gasteiger partial charge in [-0.2, -0.15) is 11.8 Å². The van der Waals surface area contributed by atoms with Crippen LogP contribution in [0.25, 0.3) is 0 Å². The van der Waals surface area contributed by atoms with Crippen molar-refractivity contribution in [2.75, 3.05) is 11.5 Å². The molecule has 0 saturated heterocycles. The van der Waals surface area contributed by atoms with Gasteiger partial charge in [0.2, 0.25) is 0 Å². The van der Waals surface area contributed by atoms with Gasteiger partial charge in [-0.1, -0.05) is 58.4 Å². The summed E-state index contributed by atoms with van der Waals surface area (Å²) in [6.45, 7) is 0.835. The number of nitrogens with one attached hydrogen (secondary N) is 1. The van der Waals surface area contributed by atoms with E-state index in [4.69, 9.17) is 12.2 Å². The van der Waals surface area contributed by atoms with E-state index in [1.165, 1.54) is 22.4 Å². The van der Waals surface area contributed by atoms with Gasteiger partial charge in [0.1, 0.15) is 0 Å². The van der Waals surface area contributed by atoms with Crippen molar-refractivity contribution in [2.45, 2.75) is 19.0 Å². The van der Waals surface area contributed by atoms with E-state index in [0.717, 1.165) is 34.1 Å². The number of hydrogen-bond acceptors (Lipinski definition) is 2. The zero-order valence-electron chi connectivity index (χ0n) is 13.7. The number of rotatable bonds is 3.